The molecule has 1 fully saturated rings. The average molecular weight is 302 g/mol. The summed E-state index contributed by atoms with van der Waals surface area (Å²) in [6, 6.07) is 2.43. The fraction of sp³-hybridized carbons (Fsp3) is 0.647. The van der Waals surface area contributed by atoms with E-state index in [-0.39, 0.29) is 0 Å². The molecule has 1 atom stereocenters. The van der Waals surface area contributed by atoms with E-state index in [1.165, 1.54) is 30.5 Å². The summed E-state index contributed by atoms with van der Waals surface area (Å²) in [5.74, 6) is 1.01. The minimum absolute atomic E-state index is 0.341. The lowest BCUT2D eigenvalue weighted by molar-refractivity contribution is 0.159. The summed E-state index contributed by atoms with van der Waals surface area (Å²) in [4.78, 5) is 2.54. The second kappa shape index (κ2) is 6.65. The van der Waals surface area contributed by atoms with Gasteiger partial charge in [-0.3, -0.25) is 9.58 Å². The van der Waals surface area contributed by atoms with Gasteiger partial charge < -0.3 is 4.52 Å². The molecular formula is C17H26N4O. The number of aromatic nitrogens is 3. The molecule has 0 aromatic carbocycles. The van der Waals surface area contributed by atoms with Crippen LogP contribution in [-0.2, 0) is 13.1 Å². The Hall–Kier alpha value is -1.62. The van der Waals surface area contributed by atoms with Crippen LogP contribution in [0, 0.1) is 13.8 Å². The van der Waals surface area contributed by atoms with Crippen LogP contribution in [0.2, 0.25) is 0 Å². The van der Waals surface area contributed by atoms with E-state index >= 15 is 0 Å². The number of aryl methyl sites for hydroxylation is 2. The average Bonchev–Trinajstić information content (AvgIpc) is 3.00. The summed E-state index contributed by atoms with van der Waals surface area (Å²) in [5.41, 5.74) is 3.57. The molecule has 0 amide bonds. The van der Waals surface area contributed by atoms with Gasteiger partial charge >= 0.3 is 0 Å². The molecular weight excluding hydrogens is 276 g/mol. The van der Waals surface area contributed by atoms with Gasteiger partial charge in [0.25, 0.3) is 0 Å². The van der Waals surface area contributed by atoms with Crippen LogP contribution in [0.4, 0.5) is 0 Å². The normalized spacial score (nSPS) is 20.2. The Labute approximate surface area is 132 Å². The topological polar surface area (TPSA) is 47.1 Å². The first-order chi connectivity index (χ1) is 10.7. The van der Waals surface area contributed by atoms with Crippen molar-refractivity contribution in [3.8, 4) is 0 Å². The second-order valence-electron chi connectivity index (χ2n) is 6.28. The van der Waals surface area contributed by atoms with Crippen LogP contribution in [0.25, 0.3) is 0 Å². The van der Waals surface area contributed by atoms with E-state index in [9.17, 15) is 0 Å². The van der Waals surface area contributed by atoms with Gasteiger partial charge in [-0.25, -0.2) is 0 Å². The second-order valence-corrected chi connectivity index (χ2v) is 6.28. The molecule has 3 heterocycles. The van der Waals surface area contributed by atoms with Gasteiger partial charge in [0.05, 0.1) is 17.9 Å². The third kappa shape index (κ3) is 3.09. The van der Waals surface area contributed by atoms with Gasteiger partial charge in [0.1, 0.15) is 0 Å². The Morgan fingerprint density at radius 3 is 2.82 bits per heavy atom. The number of rotatable bonds is 4. The maximum Gasteiger partial charge on any atom is 0.154 e. The molecule has 0 spiro atoms. The highest BCUT2D eigenvalue weighted by Crippen LogP contribution is 2.32. The van der Waals surface area contributed by atoms with E-state index in [2.05, 4.69) is 39.8 Å². The lowest BCUT2D eigenvalue weighted by Gasteiger charge is -2.27. The van der Waals surface area contributed by atoms with Crippen LogP contribution >= 0.6 is 0 Å². The van der Waals surface area contributed by atoms with Crippen LogP contribution in [0.3, 0.4) is 0 Å². The molecule has 5 nitrogen and oxygen atoms in total. The molecule has 0 bridgehead atoms. The SMILES string of the molecule is CCn1ncc(CN2CCCCC[C@@H]2c2cc(C)no2)c1C. The zero-order valence-corrected chi connectivity index (χ0v) is 13.9. The van der Waals surface area contributed by atoms with Gasteiger partial charge in [-0.2, -0.15) is 5.10 Å². The van der Waals surface area contributed by atoms with Gasteiger partial charge in [0.2, 0.25) is 0 Å². The van der Waals surface area contributed by atoms with Gasteiger partial charge in [-0.15, -0.1) is 0 Å². The van der Waals surface area contributed by atoms with E-state index in [0.717, 1.165) is 37.5 Å². The fourth-order valence-electron chi connectivity index (χ4n) is 3.40. The zero-order valence-electron chi connectivity index (χ0n) is 13.9. The molecule has 1 saturated heterocycles. The number of nitrogens with zero attached hydrogens (tertiary/aromatic N) is 4. The van der Waals surface area contributed by atoms with Crippen LogP contribution in [0.5, 0.6) is 0 Å². The highest BCUT2D eigenvalue weighted by atomic mass is 16.5. The van der Waals surface area contributed by atoms with E-state index in [0.29, 0.717) is 6.04 Å². The predicted octanol–water partition coefficient (Wildman–Crippen LogP) is 3.63. The van der Waals surface area contributed by atoms with Gasteiger partial charge in [-0.1, -0.05) is 18.0 Å². The van der Waals surface area contributed by atoms with Crippen molar-refractivity contribution in [2.45, 2.75) is 65.6 Å². The molecule has 0 N–H and O–H groups in total. The number of hydrogen-bond donors (Lipinski definition) is 0. The van der Waals surface area contributed by atoms with Crippen molar-refractivity contribution in [2.24, 2.45) is 0 Å². The van der Waals surface area contributed by atoms with Crippen molar-refractivity contribution < 1.29 is 4.52 Å². The van der Waals surface area contributed by atoms with Crippen LogP contribution in [0.15, 0.2) is 16.8 Å². The van der Waals surface area contributed by atoms with Crippen molar-refractivity contribution in [3.05, 3.63) is 35.0 Å². The lowest BCUT2D eigenvalue weighted by atomic mass is 10.1. The van der Waals surface area contributed by atoms with Crippen molar-refractivity contribution in [1.29, 1.82) is 0 Å². The highest BCUT2D eigenvalue weighted by Gasteiger charge is 2.26. The third-order valence-electron chi connectivity index (χ3n) is 4.72. The van der Waals surface area contributed by atoms with Crippen LogP contribution < -0.4 is 0 Å². The standard InChI is InChI=1S/C17H26N4O/c1-4-21-14(3)15(11-18-21)12-20-9-7-5-6-8-16(20)17-10-13(2)19-22-17/h10-11,16H,4-9,12H2,1-3H3/t16-/m1/s1. The summed E-state index contributed by atoms with van der Waals surface area (Å²) >= 11 is 0. The number of likely N-dealkylation sites (tertiary alicyclic amines) is 1. The molecule has 1 aliphatic rings. The molecule has 22 heavy (non-hydrogen) atoms. The summed E-state index contributed by atoms with van der Waals surface area (Å²) in [6.07, 6.45) is 6.98. The lowest BCUT2D eigenvalue weighted by Crippen LogP contribution is -2.28. The molecule has 0 aliphatic carbocycles. The van der Waals surface area contributed by atoms with Crippen LogP contribution in [-0.4, -0.2) is 26.4 Å². The van der Waals surface area contributed by atoms with E-state index in [1.807, 2.05) is 13.1 Å². The zero-order chi connectivity index (χ0) is 15.5. The number of hydrogen-bond acceptors (Lipinski definition) is 4. The Balaban J connectivity index is 1.82. The first-order valence-electron chi connectivity index (χ1n) is 8.37. The van der Waals surface area contributed by atoms with Crippen molar-refractivity contribution in [1.82, 2.24) is 19.8 Å². The summed E-state index contributed by atoms with van der Waals surface area (Å²) in [6.45, 7) is 9.27. The Morgan fingerprint density at radius 1 is 1.27 bits per heavy atom. The molecule has 5 heteroatoms. The highest BCUT2D eigenvalue weighted by molar-refractivity contribution is 5.17. The summed E-state index contributed by atoms with van der Waals surface area (Å²) < 4.78 is 7.64. The summed E-state index contributed by atoms with van der Waals surface area (Å²) in [7, 11) is 0. The molecule has 120 valence electrons. The molecule has 1 aliphatic heterocycles. The first-order valence-corrected chi connectivity index (χ1v) is 8.37. The Bertz CT molecular complexity index is 616. The molecule has 0 radical (unpaired) electrons. The van der Waals surface area contributed by atoms with Crippen LogP contribution in [0.1, 0.15) is 61.4 Å². The molecule has 2 aromatic rings. The fourth-order valence-corrected chi connectivity index (χ4v) is 3.40. The molecule has 0 unspecified atom stereocenters. The first kappa shape index (κ1) is 15.3. The van der Waals surface area contributed by atoms with Crippen molar-refractivity contribution in [3.63, 3.8) is 0 Å². The quantitative estimate of drug-likeness (QED) is 0.865. The van der Waals surface area contributed by atoms with Gasteiger partial charge in [0, 0.05) is 30.4 Å². The van der Waals surface area contributed by atoms with E-state index < -0.39 is 0 Å². The third-order valence-corrected chi connectivity index (χ3v) is 4.72. The maximum atomic E-state index is 5.57. The summed E-state index contributed by atoms with van der Waals surface area (Å²) in [5, 5.41) is 8.56. The predicted molar refractivity (Wildman–Crippen MR) is 85.5 cm³/mol. The van der Waals surface area contributed by atoms with Gasteiger partial charge in [0.15, 0.2) is 5.76 Å². The van der Waals surface area contributed by atoms with Crippen molar-refractivity contribution >= 4 is 0 Å². The van der Waals surface area contributed by atoms with Crippen molar-refractivity contribution in [2.75, 3.05) is 6.54 Å². The Morgan fingerprint density at radius 2 is 2.14 bits per heavy atom. The monoisotopic (exact) mass is 302 g/mol. The molecule has 3 rings (SSSR count). The molecule has 0 saturated carbocycles. The maximum absolute atomic E-state index is 5.57. The minimum atomic E-state index is 0.341. The van der Waals surface area contributed by atoms with E-state index in [1.54, 1.807) is 0 Å². The largest absolute Gasteiger partial charge is 0.359 e. The van der Waals surface area contributed by atoms with E-state index in [4.69, 9.17) is 4.52 Å². The Kier molecular flexibility index (Phi) is 4.62. The minimum Gasteiger partial charge on any atom is -0.359 e. The smallest absolute Gasteiger partial charge is 0.154 e. The van der Waals surface area contributed by atoms with Gasteiger partial charge in [-0.05, 0) is 40.2 Å². The molecule has 2 aromatic heterocycles.